The van der Waals surface area contributed by atoms with Crippen molar-refractivity contribution in [2.75, 3.05) is 24.6 Å². The first-order valence-electron chi connectivity index (χ1n) is 8.27. The Balaban J connectivity index is 1.65. The molecule has 132 valence electrons. The normalized spacial score (nSPS) is 14.7. The molecule has 0 bridgehead atoms. The molecule has 0 spiro atoms. The Bertz CT molecular complexity index is 749. The predicted octanol–water partition coefficient (Wildman–Crippen LogP) is 2.12. The van der Waals surface area contributed by atoms with Crippen LogP contribution in [-0.4, -0.2) is 36.8 Å². The van der Waals surface area contributed by atoms with Gasteiger partial charge in [0, 0.05) is 24.3 Å². The average molecular weight is 344 g/mol. The Morgan fingerprint density at radius 1 is 1.28 bits per heavy atom. The standard InChI is InChI=1S/C19H21FN2O3/c20-13-6-8-15(9-7-13)25-12-14(23)11-22-10-2-4-16-17(19(21)24)3-1-5-18(16)22/h1,3,5-9,14,23H,2,4,10-12H2,(H2,21,24)/t14-/m1/s1. The number of aliphatic hydroxyl groups excluding tert-OH is 1. The quantitative estimate of drug-likeness (QED) is 0.842. The maximum atomic E-state index is 12.9. The van der Waals surface area contributed by atoms with Gasteiger partial charge in [-0.05, 0) is 54.8 Å². The van der Waals surface area contributed by atoms with E-state index in [0.717, 1.165) is 30.6 Å². The molecule has 0 saturated carbocycles. The van der Waals surface area contributed by atoms with Crippen LogP contribution in [0.25, 0.3) is 0 Å². The van der Waals surface area contributed by atoms with Crippen molar-refractivity contribution in [1.82, 2.24) is 0 Å². The lowest BCUT2D eigenvalue weighted by Crippen LogP contribution is -2.39. The van der Waals surface area contributed by atoms with Gasteiger partial charge in [0.05, 0.1) is 0 Å². The van der Waals surface area contributed by atoms with Crippen LogP contribution in [0.5, 0.6) is 5.75 Å². The SMILES string of the molecule is NC(=O)c1cccc2c1CCCN2C[C@@H](O)COc1ccc(F)cc1. The zero-order chi connectivity index (χ0) is 17.8. The van der Waals surface area contributed by atoms with Crippen LogP contribution in [0, 0.1) is 5.82 Å². The number of nitrogens with zero attached hydrogens (tertiary/aromatic N) is 1. The van der Waals surface area contributed by atoms with Gasteiger partial charge >= 0.3 is 0 Å². The van der Waals surface area contributed by atoms with Gasteiger partial charge in [-0.3, -0.25) is 4.79 Å². The summed E-state index contributed by atoms with van der Waals surface area (Å²) >= 11 is 0. The number of carbonyl (C=O) groups excluding carboxylic acids is 1. The van der Waals surface area contributed by atoms with Crippen molar-refractivity contribution in [3.63, 3.8) is 0 Å². The molecule has 3 N–H and O–H groups in total. The van der Waals surface area contributed by atoms with E-state index in [1.165, 1.54) is 24.3 Å². The van der Waals surface area contributed by atoms with Crippen LogP contribution in [-0.2, 0) is 6.42 Å². The van der Waals surface area contributed by atoms with Crippen LogP contribution in [0.4, 0.5) is 10.1 Å². The molecule has 2 aromatic rings. The van der Waals surface area contributed by atoms with Gasteiger partial charge in [-0.1, -0.05) is 6.07 Å². The molecule has 1 heterocycles. The summed E-state index contributed by atoms with van der Waals surface area (Å²) in [4.78, 5) is 13.6. The molecule has 3 rings (SSSR count). The molecule has 5 nitrogen and oxygen atoms in total. The second kappa shape index (κ2) is 7.53. The van der Waals surface area contributed by atoms with Crippen molar-refractivity contribution in [3.05, 3.63) is 59.4 Å². The average Bonchev–Trinajstić information content (AvgIpc) is 2.61. The van der Waals surface area contributed by atoms with E-state index < -0.39 is 12.0 Å². The molecule has 6 heteroatoms. The van der Waals surface area contributed by atoms with Crippen molar-refractivity contribution in [3.8, 4) is 5.75 Å². The highest BCUT2D eigenvalue weighted by molar-refractivity contribution is 5.96. The van der Waals surface area contributed by atoms with E-state index in [1.54, 1.807) is 12.1 Å². The highest BCUT2D eigenvalue weighted by Gasteiger charge is 2.23. The zero-order valence-corrected chi connectivity index (χ0v) is 13.8. The van der Waals surface area contributed by atoms with Gasteiger partial charge in [-0.2, -0.15) is 0 Å². The van der Waals surface area contributed by atoms with E-state index in [-0.39, 0.29) is 12.4 Å². The van der Waals surface area contributed by atoms with Crippen LogP contribution in [0.3, 0.4) is 0 Å². The summed E-state index contributed by atoms with van der Waals surface area (Å²) in [5, 5.41) is 10.3. The van der Waals surface area contributed by atoms with E-state index in [9.17, 15) is 14.3 Å². The van der Waals surface area contributed by atoms with Crippen LogP contribution >= 0.6 is 0 Å². The molecule has 0 saturated heterocycles. The van der Waals surface area contributed by atoms with Crippen molar-refractivity contribution in [1.29, 1.82) is 0 Å². The van der Waals surface area contributed by atoms with Crippen LogP contribution < -0.4 is 15.4 Å². The number of β-amino-alcohol motifs (C(OH)–C–C–N with tert-alkyl or cyclic N) is 1. The van der Waals surface area contributed by atoms with Crippen molar-refractivity contribution < 1.29 is 19.0 Å². The summed E-state index contributed by atoms with van der Waals surface area (Å²) in [6.07, 6.45) is 0.976. The Hall–Kier alpha value is -2.60. The topological polar surface area (TPSA) is 75.8 Å². The van der Waals surface area contributed by atoms with Gasteiger partial charge in [0.1, 0.15) is 24.3 Å². The van der Waals surface area contributed by atoms with Crippen molar-refractivity contribution >= 4 is 11.6 Å². The molecule has 2 aromatic carbocycles. The Morgan fingerprint density at radius 3 is 2.76 bits per heavy atom. The maximum absolute atomic E-state index is 12.9. The largest absolute Gasteiger partial charge is 0.491 e. The zero-order valence-electron chi connectivity index (χ0n) is 13.8. The van der Waals surface area contributed by atoms with Crippen molar-refractivity contribution in [2.45, 2.75) is 18.9 Å². The summed E-state index contributed by atoms with van der Waals surface area (Å²) < 4.78 is 18.4. The predicted molar refractivity (Wildman–Crippen MR) is 93.4 cm³/mol. The molecule has 1 amide bonds. The van der Waals surface area contributed by atoms with Gasteiger partial charge in [0.15, 0.2) is 0 Å². The van der Waals surface area contributed by atoms with Gasteiger partial charge in [0.25, 0.3) is 0 Å². The number of amides is 1. The van der Waals surface area contributed by atoms with Crippen LogP contribution in [0.1, 0.15) is 22.3 Å². The molecule has 0 aliphatic carbocycles. The number of halogens is 1. The lowest BCUT2D eigenvalue weighted by atomic mass is 9.95. The fraction of sp³-hybridized carbons (Fsp3) is 0.316. The molecule has 1 atom stereocenters. The van der Waals surface area contributed by atoms with Crippen molar-refractivity contribution in [2.24, 2.45) is 5.73 Å². The lowest BCUT2D eigenvalue weighted by Gasteiger charge is -2.33. The molecule has 0 radical (unpaired) electrons. The smallest absolute Gasteiger partial charge is 0.249 e. The summed E-state index contributed by atoms with van der Waals surface area (Å²) in [7, 11) is 0. The molecular formula is C19H21FN2O3. The Kier molecular flexibility index (Phi) is 5.19. The van der Waals surface area contributed by atoms with Crippen LogP contribution in [0.15, 0.2) is 42.5 Å². The first kappa shape index (κ1) is 17.2. The monoisotopic (exact) mass is 344 g/mol. The van der Waals surface area contributed by atoms with E-state index in [0.29, 0.717) is 17.9 Å². The molecule has 1 aliphatic rings. The molecule has 0 unspecified atom stereocenters. The number of nitrogens with two attached hydrogens (primary N) is 1. The second-order valence-electron chi connectivity index (χ2n) is 6.14. The third kappa shape index (κ3) is 4.09. The number of ether oxygens (including phenoxy) is 1. The summed E-state index contributed by atoms with van der Waals surface area (Å²) in [5.74, 6) is -0.252. The molecule has 0 fully saturated rings. The number of carbonyl (C=O) groups is 1. The fourth-order valence-corrected chi connectivity index (χ4v) is 3.15. The lowest BCUT2D eigenvalue weighted by molar-refractivity contribution is 0.0999. The number of rotatable bonds is 6. The number of hydrogen-bond acceptors (Lipinski definition) is 4. The second-order valence-corrected chi connectivity index (χ2v) is 6.14. The highest BCUT2D eigenvalue weighted by Crippen LogP contribution is 2.29. The van der Waals surface area contributed by atoms with Crippen LogP contribution in [0.2, 0.25) is 0 Å². The fourth-order valence-electron chi connectivity index (χ4n) is 3.15. The molecule has 25 heavy (non-hydrogen) atoms. The first-order chi connectivity index (χ1) is 12.0. The third-order valence-corrected chi connectivity index (χ3v) is 4.30. The number of anilines is 1. The third-order valence-electron chi connectivity index (χ3n) is 4.30. The number of hydrogen-bond donors (Lipinski definition) is 2. The molecule has 0 aromatic heterocycles. The summed E-state index contributed by atoms with van der Waals surface area (Å²) in [5.41, 5.74) is 7.87. The van der Waals surface area contributed by atoms with Gasteiger partial charge in [-0.15, -0.1) is 0 Å². The van der Waals surface area contributed by atoms with Gasteiger partial charge in [-0.25, -0.2) is 4.39 Å². The maximum Gasteiger partial charge on any atom is 0.249 e. The summed E-state index contributed by atoms with van der Waals surface area (Å²) in [6, 6.07) is 11.2. The van der Waals surface area contributed by atoms with E-state index >= 15 is 0 Å². The number of primary amides is 1. The molecular weight excluding hydrogens is 323 g/mol. The van der Waals surface area contributed by atoms with E-state index in [2.05, 4.69) is 0 Å². The number of aliphatic hydroxyl groups is 1. The first-order valence-corrected chi connectivity index (χ1v) is 8.27. The number of fused-ring (bicyclic) bond motifs is 1. The number of benzene rings is 2. The van der Waals surface area contributed by atoms with E-state index in [4.69, 9.17) is 10.5 Å². The van der Waals surface area contributed by atoms with E-state index in [1.807, 2.05) is 11.0 Å². The van der Waals surface area contributed by atoms with Gasteiger partial charge in [0.2, 0.25) is 5.91 Å². The minimum absolute atomic E-state index is 0.104. The minimum atomic E-state index is -0.715. The summed E-state index contributed by atoms with van der Waals surface area (Å²) in [6.45, 7) is 1.28. The highest BCUT2D eigenvalue weighted by atomic mass is 19.1. The van der Waals surface area contributed by atoms with Gasteiger partial charge < -0.3 is 20.5 Å². The Morgan fingerprint density at radius 2 is 2.04 bits per heavy atom. The minimum Gasteiger partial charge on any atom is -0.491 e. The Labute approximate surface area is 145 Å². The molecule has 1 aliphatic heterocycles.